The number of pyridine rings is 1. The topological polar surface area (TPSA) is 50.9 Å². The fourth-order valence-electron chi connectivity index (χ4n) is 1.81. The monoisotopic (exact) mass is 361 g/mol. The van der Waals surface area contributed by atoms with Crippen molar-refractivity contribution in [2.75, 3.05) is 5.43 Å². The average molecular weight is 362 g/mol. The van der Waals surface area contributed by atoms with Gasteiger partial charge in [-0.05, 0) is 47.2 Å². The van der Waals surface area contributed by atoms with Crippen molar-refractivity contribution < 1.29 is 0 Å². The Hall–Kier alpha value is -0.590. The van der Waals surface area contributed by atoms with Gasteiger partial charge in [0.25, 0.3) is 0 Å². The van der Waals surface area contributed by atoms with Crippen LogP contribution in [0.4, 0.5) is 5.69 Å². The number of nitrogens with zero attached hydrogens (tertiary/aromatic N) is 1. The Kier molecular flexibility index (Phi) is 4.06. The van der Waals surface area contributed by atoms with Crippen LogP contribution in [-0.2, 0) is 6.42 Å². The Morgan fingerprint density at radius 3 is 2.82 bits per heavy atom. The van der Waals surface area contributed by atoms with Crippen LogP contribution in [0.25, 0.3) is 10.9 Å². The van der Waals surface area contributed by atoms with Crippen molar-refractivity contribution >= 4 is 50.8 Å². The molecule has 0 amide bonds. The van der Waals surface area contributed by atoms with E-state index in [1.807, 2.05) is 18.2 Å². The summed E-state index contributed by atoms with van der Waals surface area (Å²) in [6, 6.07) is 5.92. The molecular formula is C12H13ClIN3. The number of nitrogens with one attached hydrogen (secondary N) is 1. The molecule has 1 heterocycles. The lowest BCUT2D eigenvalue weighted by Crippen LogP contribution is -2.08. The predicted molar refractivity (Wildman–Crippen MR) is 81.3 cm³/mol. The standard InChI is InChI=1S/C12H13ClIN3/c1-2-3-8-6-11(17-15)9-4-7(14)5-10(13)12(9)16-8/h4-6H,2-3,15H2,1H3,(H,16,17). The lowest BCUT2D eigenvalue weighted by molar-refractivity contribution is 0.890. The van der Waals surface area contributed by atoms with Gasteiger partial charge in [-0.1, -0.05) is 24.9 Å². The molecule has 5 heteroatoms. The van der Waals surface area contributed by atoms with E-state index in [1.54, 1.807) is 0 Å². The van der Waals surface area contributed by atoms with Crippen LogP contribution in [0.5, 0.6) is 0 Å². The molecule has 0 fully saturated rings. The quantitative estimate of drug-likeness (QED) is 0.497. The minimum absolute atomic E-state index is 0.668. The van der Waals surface area contributed by atoms with Crippen molar-refractivity contribution in [3.63, 3.8) is 0 Å². The normalized spacial score (nSPS) is 10.8. The molecule has 3 nitrogen and oxygen atoms in total. The van der Waals surface area contributed by atoms with Gasteiger partial charge in [-0.3, -0.25) is 10.8 Å². The van der Waals surface area contributed by atoms with Gasteiger partial charge in [0, 0.05) is 14.7 Å². The highest BCUT2D eigenvalue weighted by atomic mass is 127. The average Bonchev–Trinajstić information content (AvgIpc) is 2.29. The third kappa shape index (κ3) is 2.64. The number of benzene rings is 1. The Bertz CT molecular complexity index is 557. The fraction of sp³-hybridized carbons (Fsp3) is 0.250. The molecule has 0 spiro atoms. The molecule has 3 N–H and O–H groups in total. The van der Waals surface area contributed by atoms with Crippen molar-refractivity contribution in [2.45, 2.75) is 19.8 Å². The van der Waals surface area contributed by atoms with Crippen LogP contribution < -0.4 is 11.3 Å². The zero-order valence-corrected chi connectivity index (χ0v) is 12.3. The highest BCUT2D eigenvalue weighted by Gasteiger charge is 2.09. The van der Waals surface area contributed by atoms with E-state index in [1.165, 1.54) is 0 Å². The lowest BCUT2D eigenvalue weighted by atomic mass is 10.1. The molecule has 0 unspecified atom stereocenters. The SMILES string of the molecule is CCCc1cc(NN)c2cc(I)cc(Cl)c2n1. The second kappa shape index (κ2) is 5.37. The van der Waals surface area contributed by atoms with Crippen LogP contribution in [0.2, 0.25) is 5.02 Å². The van der Waals surface area contributed by atoms with E-state index >= 15 is 0 Å². The van der Waals surface area contributed by atoms with Gasteiger partial charge < -0.3 is 5.43 Å². The fourth-order valence-corrected chi connectivity index (χ4v) is 2.88. The summed E-state index contributed by atoms with van der Waals surface area (Å²) < 4.78 is 1.07. The smallest absolute Gasteiger partial charge is 0.0913 e. The van der Waals surface area contributed by atoms with E-state index in [0.717, 1.165) is 38.7 Å². The Balaban J connectivity index is 2.73. The molecular weight excluding hydrogens is 349 g/mol. The Morgan fingerprint density at radius 2 is 2.18 bits per heavy atom. The highest BCUT2D eigenvalue weighted by Crippen LogP contribution is 2.30. The number of rotatable bonds is 3. The van der Waals surface area contributed by atoms with Crippen LogP contribution in [0.3, 0.4) is 0 Å². The van der Waals surface area contributed by atoms with E-state index < -0.39 is 0 Å². The maximum Gasteiger partial charge on any atom is 0.0913 e. The van der Waals surface area contributed by atoms with Crippen molar-refractivity contribution in [1.29, 1.82) is 0 Å². The number of aromatic nitrogens is 1. The molecule has 0 bridgehead atoms. The van der Waals surface area contributed by atoms with E-state index in [-0.39, 0.29) is 0 Å². The number of anilines is 1. The Labute approximate surface area is 119 Å². The predicted octanol–water partition coefficient (Wildman–Crippen LogP) is 3.73. The Morgan fingerprint density at radius 1 is 1.41 bits per heavy atom. The van der Waals surface area contributed by atoms with Crippen LogP contribution in [0.1, 0.15) is 19.0 Å². The van der Waals surface area contributed by atoms with E-state index in [4.69, 9.17) is 17.4 Å². The molecule has 0 atom stereocenters. The van der Waals surface area contributed by atoms with Crippen LogP contribution in [0.15, 0.2) is 18.2 Å². The van der Waals surface area contributed by atoms with Gasteiger partial charge in [-0.15, -0.1) is 0 Å². The van der Waals surface area contributed by atoms with Gasteiger partial charge in [-0.2, -0.15) is 0 Å². The molecule has 1 aromatic carbocycles. The highest BCUT2D eigenvalue weighted by molar-refractivity contribution is 14.1. The molecule has 0 aliphatic heterocycles. The minimum Gasteiger partial charge on any atom is -0.323 e. The van der Waals surface area contributed by atoms with Crippen molar-refractivity contribution in [3.05, 3.63) is 32.5 Å². The summed E-state index contributed by atoms with van der Waals surface area (Å²) in [6.07, 6.45) is 1.97. The van der Waals surface area contributed by atoms with E-state index in [9.17, 15) is 0 Å². The van der Waals surface area contributed by atoms with Crippen molar-refractivity contribution in [1.82, 2.24) is 4.98 Å². The number of nitrogens with two attached hydrogens (primary N) is 1. The van der Waals surface area contributed by atoms with Gasteiger partial charge in [0.1, 0.15) is 0 Å². The second-order valence-electron chi connectivity index (χ2n) is 3.84. The number of nitrogen functional groups attached to an aromatic ring is 1. The van der Waals surface area contributed by atoms with Gasteiger partial charge in [0.2, 0.25) is 0 Å². The summed E-state index contributed by atoms with van der Waals surface area (Å²) in [4.78, 5) is 4.58. The number of hydrogen-bond donors (Lipinski definition) is 2. The summed E-state index contributed by atoms with van der Waals surface area (Å²) >= 11 is 8.46. The number of fused-ring (bicyclic) bond motifs is 1. The molecule has 0 saturated carbocycles. The second-order valence-corrected chi connectivity index (χ2v) is 5.49. The zero-order valence-electron chi connectivity index (χ0n) is 9.43. The van der Waals surface area contributed by atoms with Gasteiger partial charge in [0.05, 0.1) is 16.2 Å². The van der Waals surface area contributed by atoms with Gasteiger partial charge >= 0.3 is 0 Å². The van der Waals surface area contributed by atoms with E-state index in [2.05, 4.69) is 39.9 Å². The first-order valence-corrected chi connectivity index (χ1v) is 6.86. The molecule has 90 valence electrons. The largest absolute Gasteiger partial charge is 0.323 e. The molecule has 0 saturated heterocycles. The third-order valence-corrected chi connectivity index (χ3v) is 3.46. The maximum atomic E-state index is 6.23. The number of hydrazine groups is 1. The van der Waals surface area contributed by atoms with E-state index in [0.29, 0.717) is 5.02 Å². The summed E-state index contributed by atoms with van der Waals surface area (Å²) in [5.74, 6) is 5.56. The summed E-state index contributed by atoms with van der Waals surface area (Å²) in [7, 11) is 0. The molecule has 2 aromatic rings. The first kappa shape index (κ1) is 12.9. The number of aryl methyl sites for hydroxylation is 1. The van der Waals surface area contributed by atoms with Crippen molar-refractivity contribution in [2.24, 2.45) is 5.84 Å². The first-order valence-electron chi connectivity index (χ1n) is 5.41. The minimum atomic E-state index is 0.668. The van der Waals surface area contributed by atoms with Crippen LogP contribution in [0, 0.1) is 3.57 Å². The maximum absolute atomic E-state index is 6.23. The summed E-state index contributed by atoms with van der Waals surface area (Å²) in [6.45, 7) is 2.12. The third-order valence-electron chi connectivity index (χ3n) is 2.55. The van der Waals surface area contributed by atoms with Crippen molar-refractivity contribution in [3.8, 4) is 0 Å². The molecule has 17 heavy (non-hydrogen) atoms. The zero-order chi connectivity index (χ0) is 12.4. The van der Waals surface area contributed by atoms with Gasteiger partial charge in [0.15, 0.2) is 0 Å². The lowest BCUT2D eigenvalue weighted by Gasteiger charge is -2.10. The molecule has 2 rings (SSSR count). The van der Waals surface area contributed by atoms with Crippen LogP contribution >= 0.6 is 34.2 Å². The molecule has 0 radical (unpaired) electrons. The molecule has 0 aliphatic rings. The molecule has 1 aromatic heterocycles. The molecule has 0 aliphatic carbocycles. The number of halogens is 2. The first-order chi connectivity index (χ1) is 8.15. The summed E-state index contributed by atoms with van der Waals surface area (Å²) in [5, 5.41) is 1.63. The van der Waals surface area contributed by atoms with Gasteiger partial charge in [-0.25, -0.2) is 0 Å². The number of hydrogen-bond acceptors (Lipinski definition) is 3. The summed E-state index contributed by atoms with van der Waals surface area (Å²) in [5.41, 5.74) is 5.42. The van der Waals surface area contributed by atoms with Crippen LogP contribution in [-0.4, -0.2) is 4.98 Å².